The fraction of sp³-hybridized carbons (Fsp3) is 0.167. The predicted molar refractivity (Wildman–Crippen MR) is 99.3 cm³/mol. The van der Waals surface area contributed by atoms with Gasteiger partial charge in [0.05, 0.1) is 11.1 Å². The fourth-order valence-electron chi connectivity index (χ4n) is 2.66. The van der Waals surface area contributed by atoms with Crippen LogP contribution in [0.2, 0.25) is 0 Å². The van der Waals surface area contributed by atoms with Crippen molar-refractivity contribution in [3.8, 4) is 5.75 Å². The zero-order chi connectivity index (χ0) is 18.7. The minimum absolute atomic E-state index is 0.0556. The van der Waals surface area contributed by atoms with Crippen LogP contribution in [-0.4, -0.2) is 40.9 Å². The monoisotopic (exact) mass is 417 g/mol. The fourth-order valence-corrected chi connectivity index (χ4v) is 3.03. The second kappa shape index (κ2) is 7.57. The average Bonchev–Trinajstić information content (AvgIpc) is 2.82. The molecule has 0 saturated carbocycles. The number of nitrogens with zero attached hydrogens (tertiary/aromatic N) is 1. The Bertz CT molecular complexity index is 884. The summed E-state index contributed by atoms with van der Waals surface area (Å²) in [6.45, 7) is 0.512. The molecule has 0 spiro atoms. The van der Waals surface area contributed by atoms with Gasteiger partial charge in [-0.25, -0.2) is 4.79 Å². The summed E-state index contributed by atoms with van der Waals surface area (Å²) in [7, 11) is 0. The van der Waals surface area contributed by atoms with Crippen LogP contribution in [0.1, 0.15) is 27.1 Å². The molecule has 3 N–H and O–H groups in total. The zero-order valence-corrected chi connectivity index (χ0v) is 15.2. The highest BCUT2D eigenvalue weighted by atomic mass is 79.9. The number of hydrogen-bond acceptors (Lipinski definition) is 4. The van der Waals surface area contributed by atoms with E-state index in [1.807, 2.05) is 0 Å². The quantitative estimate of drug-likeness (QED) is 0.514. The van der Waals surface area contributed by atoms with E-state index in [0.29, 0.717) is 29.8 Å². The lowest BCUT2D eigenvalue weighted by Gasteiger charge is -2.14. The van der Waals surface area contributed by atoms with Crippen molar-refractivity contribution >= 4 is 39.5 Å². The maximum absolute atomic E-state index is 12.3. The van der Waals surface area contributed by atoms with Crippen LogP contribution in [0, 0.1) is 0 Å². The minimum atomic E-state index is -0.429. The smallest absolute Gasteiger partial charge is 0.319 e. The van der Waals surface area contributed by atoms with Crippen LogP contribution >= 0.6 is 15.9 Å². The van der Waals surface area contributed by atoms with E-state index in [4.69, 9.17) is 0 Å². The van der Waals surface area contributed by atoms with E-state index in [1.54, 1.807) is 30.3 Å². The number of phenolic OH excluding ortho intramolecular Hbond substituents is 1. The largest absolute Gasteiger partial charge is 0.508 e. The van der Waals surface area contributed by atoms with Crippen molar-refractivity contribution in [3.05, 3.63) is 58.1 Å². The Labute approximate surface area is 158 Å². The third-order valence-corrected chi connectivity index (χ3v) is 4.37. The lowest BCUT2D eigenvalue weighted by atomic mass is 10.1. The van der Waals surface area contributed by atoms with Gasteiger partial charge in [0, 0.05) is 29.3 Å². The molecule has 26 heavy (non-hydrogen) atoms. The first kappa shape index (κ1) is 17.9. The Kier molecular flexibility index (Phi) is 5.22. The van der Waals surface area contributed by atoms with Gasteiger partial charge in [-0.1, -0.05) is 22.0 Å². The molecule has 4 amide bonds. The number of hydrogen-bond donors (Lipinski definition) is 3. The van der Waals surface area contributed by atoms with Crippen molar-refractivity contribution < 1.29 is 19.5 Å². The van der Waals surface area contributed by atoms with E-state index in [9.17, 15) is 19.5 Å². The molecule has 0 aromatic heterocycles. The summed E-state index contributed by atoms with van der Waals surface area (Å²) in [6.07, 6.45) is 0.431. The van der Waals surface area contributed by atoms with Gasteiger partial charge in [0.2, 0.25) is 0 Å². The van der Waals surface area contributed by atoms with Crippen LogP contribution in [0.25, 0.3) is 0 Å². The van der Waals surface area contributed by atoms with Crippen LogP contribution in [0.4, 0.5) is 10.5 Å². The van der Waals surface area contributed by atoms with E-state index in [0.717, 1.165) is 4.47 Å². The molecule has 2 aromatic carbocycles. The number of aromatic hydroxyl groups is 1. The number of imide groups is 1. The number of urea groups is 1. The van der Waals surface area contributed by atoms with E-state index >= 15 is 0 Å². The minimum Gasteiger partial charge on any atom is -0.508 e. The van der Waals surface area contributed by atoms with Gasteiger partial charge < -0.3 is 15.7 Å². The molecule has 0 fully saturated rings. The van der Waals surface area contributed by atoms with Crippen LogP contribution < -0.4 is 10.6 Å². The Morgan fingerprint density at radius 3 is 2.62 bits per heavy atom. The first-order chi connectivity index (χ1) is 12.5. The molecule has 2 aromatic rings. The van der Waals surface area contributed by atoms with Gasteiger partial charge in [-0.05, 0) is 36.8 Å². The molecule has 0 bridgehead atoms. The first-order valence-corrected chi connectivity index (χ1v) is 8.74. The normalized spacial score (nSPS) is 12.9. The van der Waals surface area contributed by atoms with Gasteiger partial charge in [-0.3, -0.25) is 14.5 Å². The van der Waals surface area contributed by atoms with Crippen molar-refractivity contribution in [2.75, 3.05) is 18.4 Å². The summed E-state index contributed by atoms with van der Waals surface area (Å²) in [6, 6.07) is 10.8. The molecule has 1 aliphatic rings. The third-order valence-electron chi connectivity index (χ3n) is 3.88. The van der Waals surface area contributed by atoms with Crippen molar-refractivity contribution in [3.63, 3.8) is 0 Å². The summed E-state index contributed by atoms with van der Waals surface area (Å²) in [5.74, 6) is -0.586. The highest BCUT2D eigenvalue weighted by molar-refractivity contribution is 9.10. The zero-order valence-electron chi connectivity index (χ0n) is 13.7. The first-order valence-electron chi connectivity index (χ1n) is 7.95. The van der Waals surface area contributed by atoms with Crippen molar-refractivity contribution in [2.45, 2.75) is 6.42 Å². The van der Waals surface area contributed by atoms with E-state index in [2.05, 4.69) is 26.6 Å². The number of carbonyl (C=O) groups excluding carboxylic acids is 3. The van der Waals surface area contributed by atoms with Gasteiger partial charge in [-0.2, -0.15) is 0 Å². The van der Waals surface area contributed by atoms with Crippen molar-refractivity contribution in [2.24, 2.45) is 0 Å². The van der Waals surface area contributed by atoms with Crippen LogP contribution in [0.5, 0.6) is 5.75 Å². The Hall–Kier alpha value is -2.87. The second-order valence-corrected chi connectivity index (χ2v) is 6.65. The lowest BCUT2D eigenvalue weighted by Crippen LogP contribution is -2.35. The van der Waals surface area contributed by atoms with Crippen LogP contribution in [0.3, 0.4) is 0 Å². The molecule has 1 aliphatic heterocycles. The highest BCUT2D eigenvalue weighted by Gasteiger charge is 2.34. The average molecular weight is 418 g/mol. The molecular weight excluding hydrogens is 402 g/mol. The molecule has 0 unspecified atom stereocenters. The molecule has 3 rings (SSSR count). The number of halogens is 1. The Morgan fingerprint density at radius 2 is 1.85 bits per heavy atom. The van der Waals surface area contributed by atoms with E-state index in [-0.39, 0.29) is 24.1 Å². The molecule has 134 valence electrons. The number of carbonyl (C=O) groups is 3. The Morgan fingerprint density at radius 1 is 1.08 bits per heavy atom. The number of anilines is 1. The van der Waals surface area contributed by atoms with Gasteiger partial charge in [0.1, 0.15) is 5.75 Å². The molecule has 0 aliphatic carbocycles. The molecule has 1 heterocycles. The van der Waals surface area contributed by atoms with Gasteiger partial charge in [0.25, 0.3) is 11.8 Å². The Balaban J connectivity index is 1.48. The molecule has 0 atom stereocenters. The molecule has 0 saturated heterocycles. The van der Waals surface area contributed by atoms with E-state index < -0.39 is 6.03 Å². The molecular formula is C18H16BrN3O4. The van der Waals surface area contributed by atoms with Crippen LogP contribution in [0.15, 0.2) is 46.9 Å². The summed E-state index contributed by atoms with van der Waals surface area (Å²) >= 11 is 3.29. The SMILES string of the molecule is O=C(NCCCN1C(=O)c2ccc(Br)cc2C1=O)Nc1cccc(O)c1. The van der Waals surface area contributed by atoms with Gasteiger partial charge in [0.15, 0.2) is 0 Å². The standard InChI is InChI=1S/C18H16BrN3O4/c19-11-5-6-14-15(9-11)17(25)22(16(14)24)8-2-7-20-18(26)21-12-3-1-4-13(23)10-12/h1,3-6,9-10,23H,2,7-8H2,(H2,20,21,26). The van der Waals surface area contributed by atoms with Crippen LogP contribution in [-0.2, 0) is 0 Å². The van der Waals surface area contributed by atoms with Gasteiger partial charge in [-0.15, -0.1) is 0 Å². The highest BCUT2D eigenvalue weighted by Crippen LogP contribution is 2.26. The number of benzene rings is 2. The number of rotatable bonds is 5. The van der Waals surface area contributed by atoms with Crippen molar-refractivity contribution in [1.29, 1.82) is 0 Å². The summed E-state index contributed by atoms with van der Waals surface area (Å²) < 4.78 is 0.740. The summed E-state index contributed by atoms with van der Waals surface area (Å²) in [5.41, 5.74) is 1.25. The molecule has 0 radical (unpaired) electrons. The lowest BCUT2D eigenvalue weighted by molar-refractivity contribution is 0.0653. The molecule has 8 heteroatoms. The molecule has 7 nitrogen and oxygen atoms in total. The van der Waals surface area contributed by atoms with Crippen molar-refractivity contribution in [1.82, 2.24) is 10.2 Å². The number of nitrogens with one attached hydrogen (secondary N) is 2. The number of amides is 4. The number of fused-ring (bicyclic) bond motifs is 1. The van der Waals surface area contributed by atoms with Gasteiger partial charge >= 0.3 is 6.03 Å². The number of phenols is 1. The third kappa shape index (κ3) is 3.85. The van der Waals surface area contributed by atoms with E-state index in [1.165, 1.54) is 17.0 Å². The maximum Gasteiger partial charge on any atom is 0.319 e. The summed E-state index contributed by atoms with van der Waals surface area (Å²) in [5, 5.41) is 14.6. The topological polar surface area (TPSA) is 98.7 Å². The predicted octanol–water partition coefficient (Wildman–Crippen LogP) is 2.96. The summed E-state index contributed by atoms with van der Waals surface area (Å²) in [4.78, 5) is 37.6. The maximum atomic E-state index is 12.3. The second-order valence-electron chi connectivity index (χ2n) is 5.74.